The van der Waals surface area contributed by atoms with Crippen LogP contribution in [0.2, 0.25) is 0 Å². The zero-order valence-corrected chi connectivity index (χ0v) is 21.1. The maximum atomic E-state index is 13.2. The summed E-state index contributed by atoms with van der Waals surface area (Å²) in [5.41, 5.74) is 2.54. The molecule has 4 heterocycles. The number of imidazole rings is 1. The van der Waals surface area contributed by atoms with Crippen LogP contribution in [0.4, 0.5) is 11.4 Å². The summed E-state index contributed by atoms with van der Waals surface area (Å²) in [6, 6.07) is 5.81. The summed E-state index contributed by atoms with van der Waals surface area (Å²) >= 11 is 1.82. The monoisotopic (exact) mass is 508 g/mol. The highest BCUT2D eigenvalue weighted by molar-refractivity contribution is 8.15. The van der Waals surface area contributed by atoms with E-state index in [1.807, 2.05) is 30.0 Å². The van der Waals surface area contributed by atoms with Crippen molar-refractivity contribution < 1.29 is 12.6 Å². The number of anilines is 2. The first-order valence-corrected chi connectivity index (χ1v) is 14.8. The molecule has 178 valence electrons. The van der Waals surface area contributed by atoms with Crippen LogP contribution in [0.1, 0.15) is 5.56 Å². The highest BCUT2D eigenvalue weighted by Gasteiger charge is 2.35. The molecular formula is C21H28N6O3S3. The van der Waals surface area contributed by atoms with E-state index < -0.39 is 20.8 Å². The molecule has 2 atom stereocenters. The lowest BCUT2D eigenvalue weighted by molar-refractivity contribution is 0.302. The number of nitrogens with zero attached hydrogens (tertiary/aromatic N) is 5. The normalized spacial score (nSPS) is 23.9. The lowest BCUT2D eigenvalue weighted by Crippen LogP contribution is -2.41. The molecule has 0 saturated carbocycles. The van der Waals surface area contributed by atoms with Gasteiger partial charge in [-0.05, 0) is 11.6 Å². The number of sulfonamides is 1. The van der Waals surface area contributed by atoms with E-state index in [-0.39, 0.29) is 11.2 Å². The number of aliphatic imine (C=N–C) groups is 1. The Morgan fingerprint density at radius 1 is 1.30 bits per heavy atom. The number of nitrogens with one attached hydrogen (secondary N) is 1. The second-order valence-corrected chi connectivity index (χ2v) is 13.5. The summed E-state index contributed by atoms with van der Waals surface area (Å²) in [5, 5.41) is 5.05. The Balaban J connectivity index is 1.28. The Morgan fingerprint density at radius 3 is 2.82 bits per heavy atom. The summed E-state index contributed by atoms with van der Waals surface area (Å²) in [7, 11) is -1.20. The number of aryl methyl sites for hydroxylation is 1. The van der Waals surface area contributed by atoms with Gasteiger partial charge in [0.1, 0.15) is 0 Å². The fourth-order valence-electron chi connectivity index (χ4n) is 4.50. The molecule has 1 saturated heterocycles. The van der Waals surface area contributed by atoms with Crippen LogP contribution in [0.25, 0.3) is 0 Å². The van der Waals surface area contributed by atoms with Crippen LogP contribution in [0, 0.1) is 0 Å². The topological polar surface area (TPSA) is 99.9 Å². The second-order valence-electron chi connectivity index (χ2n) is 8.57. The van der Waals surface area contributed by atoms with Gasteiger partial charge in [0.25, 0.3) is 10.0 Å². The van der Waals surface area contributed by atoms with Gasteiger partial charge in [-0.2, -0.15) is 8.42 Å². The molecule has 1 fully saturated rings. The number of fused-ring (bicyclic) bond motifs is 1. The molecule has 1 aromatic heterocycles. The van der Waals surface area contributed by atoms with E-state index in [1.54, 1.807) is 20.3 Å². The van der Waals surface area contributed by atoms with Crippen molar-refractivity contribution in [3.63, 3.8) is 0 Å². The van der Waals surface area contributed by atoms with Crippen molar-refractivity contribution in [2.75, 3.05) is 54.4 Å². The van der Waals surface area contributed by atoms with Crippen molar-refractivity contribution >= 4 is 49.0 Å². The summed E-state index contributed by atoms with van der Waals surface area (Å²) < 4.78 is 40.7. The van der Waals surface area contributed by atoms with Crippen LogP contribution >= 0.6 is 11.8 Å². The summed E-state index contributed by atoms with van der Waals surface area (Å²) in [4.78, 5) is 11.3. The molecule has 33 heavy (non-hydrogen) atoms. The average Bonchev–Trinajstić information content (AvgIpc) is 3.53. The minimum absolute atomic E-state index is 0.0114. The van der Waals surface area contributed by atoms with Crippen LogP contribution in [-0.2, 0) is 34.3 Å². The standard InChI is InChI=1S/C21H28N6O3S3/c1-25-7-6-22-21(25)33(29,30)26(2)18-5-3-4-15-12-17(24-19(15)18)20-23-13-16(31-20)14-27-8-10-32(28)11-9-27/h3-7,16-17,24H,8-14H2,1-2H3. The van der Waals surface area contributed by atoms with Crippen molar-refractivity contribution in [1.82, 2.24) is 14.5 Å². The molecule has 0 radical (unpaired) electrons. The Hall–Kier alpha value is -1.89. The highest BCUT2D eigenvalue weighted by Crippen LogP contribution is 2.39. The number of para-hydroxylation sites is 1. The molecule has 9 nitrogen and oxygen atoms in total. The maximum Gasteiger partial charge on any atom is 0.298 e. The average molecular weight is 509 g/mol. The number of aromatic nitrogens is 2. The molecule has 2 unspecified atom stereocenters. The van der Waals surface area contributed by atoms with Crippen LogP contribution in [0.3, 0.4) is 0 Å². The number of hydrogen-bond donors (Lipinski definition) is 1. The number of thioether (sulfide) groups is 1. The van der Waals surface area contributed by atoms with Crippen molar-refractivity contribution in [3.05, 3.63) is 36.2 Å². The second kappa shape index (κ2) is 9.05. The van der Waals surface area contributed by atoms with Gasteiger partial charge < -0.3 is 14.8 Å². The van der Waals surface area contributed by atoms with Gasteiger partial charge in [0.15, 0.2) is 0 Å². The first kappa shape index (κ1) is 22.9. The highest BCUT2D eigenvalue weighted by atomic mass is 32.2. The smallest absolute Gasteiger partial charge is 0.298 e. The molecule has 3 aliphatic rings. The van der Waals surface area contributed by atoms with Gasteiger partial charge in [-0.1, -0.05) is 12.1 Å². The van der Waals surface area contributed by atoms with Gasteiger partial charge in [0.05, 0.1) is 29.0 Å². The summed E-state index contributed by atoms with van der Waals surface area (Å²) in [6.45, 7) is 3.54. The van der Waals surface area contributed by atoms with Crippen LogP contribution in [-0.4, -0.2) is 88.1 Å². The number of benzene rings is 1. The molecule has 5 rings (SSSR count). The Kier molecular flexibility index (Phi) is 6.27. The van der Waals surface area contributed by atoms with Crippen LogP contribution in [0.5, 0.6) is 0 Å². The van der Waals surface area contributed by atoms with Gasteiger partial charge in [0, 0.05) is 80.1 Å². The van der Waals surface area contributed by atoms with E-state index in [9.17, 15) is 12.6 Å². The van der Waals surface area contributed by atoms with Gasteiger partial charge in [0.2, 0.25) is 5.16 Å². The minimum atomic E-state index is -3.78. The van der Waals surface area contributed by atoms with Crippen molar-refractivity contribution in [2.45, 2.75) is 22.9 Å². The Morgan fingerprint density at radius 2 is 2.09 bits per heavy atom. The van der Waals surface area contributed by atoms with E-state index in [2.05, 4.69) is 15.2 Å². The lowest BCUT2D eigenvalue weighted by Gasteiger charge is -2.28. The molecule has 1 N–H and O–H groups in total. The van der Waals surface area contributed by atoms with E-state index in [0.29, 0.717) is 10.9 Å². The van der Waals surface area contributed by atoms with E-state index >= 15 is 0 Å². The molecule has 0 bridgehead atoms. The SMILES string of the molecule is CN(c1cccc2c1NC(C1=NCC(CN3CCS(=O)CC3)S1)C2)S(=O)(=O)c1nccn1C. The fourth-order valence-corrected chi connectivity index (χ4v) is 8.14. The zero-order valence-electron chi connectivity index (χ0n) is 18.7. The predicted molar refractivity (Wildman–Crippen MR) is 134 cm³/mol. The zero-order chi connectivity index (χ0) is 23.2. The molecule has 0 aliphatic carbocycles. The first-order valence-electron chi connectivity index (χ1n) is 11.0. The third kappa shape index (κ3) is 4.45. The van der Waals surface area contributed by atoms with E-state index in [4.69, 9.17) is 4.99 Å². The van der Waals surface area contributed by atoms with Crippen LogP contribution in [0.15, 0.2) is 40.7 Å². The lowest BCUT2D eigenvalue weighted by atomic mass is 10.1. The van der Waals surface area contributed by atoms with E-state index in [1.165, 1.54) is 15.1 Å². The van der Waals surface area contributed by atoms with Crippen molar-refractivity contribution in [3.8, 4) is 0 Å². The molecule has 12 heteroatoms. The third-order valence-electron chi connectivity index (χ3n) is 6.35. The summed E-state index contributed by atoms with van der Waals surface area (Å²) in [6.07, 6.45) is 3.89. The van der Waals surface area contributed by atoms with Gasteiger partial charge in [-0.3, -0.25) is 13.5 Å². The van der Waals surface area contributed by atoms with Crippen molar-refractivity contribution in [2.24, 2.45) is 12.0 Å². The number of rotatable bonds is 6. The third-order valence-corrected chi connectivity index (χ3v) is 10.7. The Labute approximate surface area is 201 Å². The van der Waals surface area contributed by atoms with Crippen molar-refractivity contribution in [1.29, 1.82) is 0 Å². The summed E-state index contributed by atoms with van der Waals surface area (Å²) in [5.74, 6) is 1.53. The molecule has 0 amide bonds. The predicted octanol–water partition coefficient (Wildman–Crippen LogP) is 1.16. The molecule has 1 aromatic carbocycles. The van der Waals surface area contributed by atoms with Crippen LogP contribution < -0.4 is 9.62 Å². The van der Waals surface area contributed by atoms with E-state index in [0.717, 1.165) is 60.4 Å². The molecule has 0 spiro atoms. The molecular weight excluding hydrogens is 480 g/mol. The number of hydrogen-bond acceptors (Lipinski definition) is 8. The maximum absolute atomic E-state index is 13.2. The first-order chi connectivity index (χ1) is 15.8. The fraction of sp³-hybridized carbons (Fsp3) is 0.524. The van der Waals surface area contributed by atoms with Gasteiger partial charge >= 0.3 is 0 Å². The minimum Gasteiger partial charge on any atom is -0.374 e. The Bertz CT molecular complexity index is 1200. The molecule has 2 aromatic rings. The molecule has 3 aliphatic heterocycles. The van der Waals surface area contributed by atoms with Gasteiger partial charge in [-0.25, -0.2) is 4.98 Å². The van der Waals surface area contributed by atoms with Gasteiger partial charge in [-0.15, -0.1) is 11.8 Å². The largest absolute Gasteiger partial charge is 0.374 e. The quantitative estimate of drug-likeness (QED) is 0.625.